The van der Waals surface area contributed by atoms with Crippen LogP contribution in [0.2, 0.25) is 0 Å². The van der Waals surface area contributed by atoms with E-state index in [-0.39, 0.29) is 6.54 Å². The molecule has 0 unspecified atom stereocenters. The normalized spacial score (nSPS) is 24.1. The highest BCUT2D eigenvalue weighted by atomic mass is 16.6. The van der Waals surface area contributed by atoms with Gasteiger partial charge in [0, 0.05) is 17.4 Å². The van der Waals surface area contributed by atoms with Crippen molar-refractivity contribution in [3.8, 4) is 0 Å². The van der Waals surface area contributed by atoms with E-state index in [1.165, 1.54) is 17.6 Å². The number of rotatable bonds is 2. The number of hydrogen-bond donors (Lipinski definition) is 1. The maximum absolute atomic E-state index is 11.9. The summed E-state index contributed by atoms with van der Waals surface area (Å²) >= 11 is 0. The van der Waals surface area contributed by atoms with E-state index in [9.17, 15) is 9.59 Å². The van der Waals surface area contributed by atoms with Crippen LogP contribution in [0, 0.1) is 0 Å². The number of amides is 1. The monoisotopic (exact) mass is 276 g/mol. The van der Waals surface area contributed by atoms with Gasteiger partial charge in [0.25, 0.3) is 0 Å². The third kappa shape index (κ3) is 2.07. The first kappa shape index (κ1) is 12.8. The molecule has 1 N–H and O–H groups in total. The lowest BCUT2D eigenvalue weighted by Crippen LogP contribution is -2.28. The summed E-state index contributed by atoms with van der Waals surface area (Å²) in [5, 5.41) is 3.35. The number of benzene rings is 1. The van der Waals surface area contributed by atoms with Gasteiger partial charge in [-0.1, -0.05) is 0 Å². The zero-order chi connectivity index (χ0) is 14.3. The third-order valence-corrected chi connectivity index (χ3v) is 3.60. The molecule has 0 spiro atoms. The minimum Gasteiger partial charge on any atom is -0.466 e. The number of ether oxygens (including phenoxy) is 2. The molecule has 106 valence electrons. The fourth-order valence-corrected chi connectivity index (χ4v) is 2.63. The summed E-state index contributed by atoms with van der Waals surface area (Å²) in [4.78, 5) is 24.7. The molecule has 0 aliphatic carbocycles. The summed E-state index contributed by atoms with van der Waals surface area (Å²) in [6.07, 6.45) is -0.441. The second kappa shape index (κ2) is 4.70. The quantitative estimate of drug-likeness (QED) is 0.830. The zero-order valence-electron chi connectivity index (χ0n) is 11.4. The Kier molecular flexibility index (Phi) is 3.00. The lowest BCUT2D eigenvalue weighted by atomic mass is 10.1. The van der Waals surface area contributed by atoms with Gasteiger partial charge in [0.15, 0.2) is 0 Å². The molecule has 3 rings (SSSR count). The van der Waals surface area contributed by atoms with Gasteiger partial charge in [0.1, 0.15) is 0 Å². The van der Waals surface area contributed by atoms with Crippen molar-refractivity contribution in [3.63, 3.8) is 0 Å². The molecule has 0 bridgehead atoms. The molecular weight excluding hydrogens is 260 g/mol. The average molecular weight is 276 g/mol. The van der Waals surface area contributed by atoms with Crippen LogP contribution in [0.25, 0.3) is 0 Å². The highest BCUT2D eigenvalue weighted by Crippen LogP contribution is 2.31. The second-order valence-electron chi connectivity index (χ2n) is 5.10. The molecule has 0 aromatic heterocycles. The minimum absolute atomic E-state index is 0.188. The first-order valence-electron chi connectivity index (χ1n) is 6.54. The van der Waals surface area contributed by atoms with Crippen molar-refractivity contribution in [1.82, 2.24) is 0 Å². The van der Waals surface area contributed by atoms with Crippen molar-refractivity contribution in [3.05, 3.63) is 23.8 Å². The number of hydrogen-bond acceptors (Lipinski definition) is 5. The van der Waals surface area contributed by atoms with Gasteiger partial charge in [0.2, 0.25) is 6.10 Å². The van der Waals surface area contributed by atoms with E-state index in [1.54, 1.807) is 0 Å². The Balaban J connectivity index is 1.82. The number of carbonyl (C=O) groups is 2. The molecule has 6 heteroatoms. The average Bonchev–Trinajstić information content (AvgIpc) is 2.98. The molecule has 2 atom stereocenters. The van der Waals surface area contributed by atoms with E-state index in [0.717, 1.165) is 17.8 Å². The van der Waals surface area contributed by atoms with Gasteiger partial charge in [-0.2, -0.15) is 0 Å². The largest absolute Gasteiger partial charge is 0.466 e. The van der Waals surface area contributed by atoms with Crippen LogP contribution in [-0.4, -0.2) is 37.9 Å². The van der Waals surface area contributed by atoms with Crippen LogP contribution in [0.1, 0.15) is 12.5 Å². The van der Waals surface area contributed by atoms with E-state index in [4.69, 9.17) is 4.74 Å². The standard InChI is InChI=1S/C14H16N2O4/c1-8-5-9-6-10(3-4-11(9)15-8)16-7-12(13(17)19-2)20-14(16)18/h3-4,6,8,12,15H,5,7H2,1-2H3/t8-,12-/m1/s1. The van der Waals surface area contributed by atoms with Crippen LogP contribution in [0.5, 0.6) is 0 Å². The molecule has 2 aliphatic rings. The van der Waals surface area contributed by atoms with Crippen molar-refractivity contribution in [2.45, 2.75) is 25.5 Å². The Morgan fingerprint density at radius 2 is 2.30 bits per heavy atom. The Bertz CT molecular complexity index is 572. The van der Waals surface area contributed by atoms with Crippen molar-refractivity contribution in [1.29, 1.82) is 0 Å². The summed E-state index contributed by atoms with van der Waals surface area (Å²) in [5.74, 6) is -0.530. The van der Waals surface area contributed by atoms with Crippen LogP contribution in [-0.2, 0) is 20.7 Å². The van der Waals surface area contributed by atoms with Crippen LogP contribution in [0.4, 0.5) is 16.2 Å². The molecule has 1 fully saturated rings. The lowest BCUT2D eigenvalue weighted by molar-refractivity contribution is -0.148. The smallest absolute Gasteiger partial charge is 0.415 e. The van der Waals surface area contributed by atoms with Crippen LogP contribution >= 0.6 is 0 Å². The molecule has 1 saturated heterocycles. The van der Waals surface area contributed by atoms with Gasteiger partial charge in [-0.15, -0.1) is 0 Å². The summed E-state index contributed by atoms with van der Waals surface area (Å²) in [6, 6.07) is 6.17. The predicted molar refractivity (Wildman–Crippen MR) is 72.9 cm³/mol. The maximum Gasteiger partial charge on any atom is 0.415 e. The van der Waals surface area contributed by atoms with Gasteiger partial charge in [0.05, 0.1) is 13.7 Å². The Labute approximate surface area is 116 Å². The number of nitrogens with zero attached hydrogens (tertiary/aromatic N) is 1. The number of cyclic esters (lactones) is 1. The summed E-state index contributed by atoms with van der Waals surface area (Å²) in [6.45, 7) is 2.30. The van der Waals surface area contributed by atoms with Crippen molar-refractivity contribution in [2.75, 3.05) is 23.9 Å². The molecule has 2 heterocycles. The molecule has 6 nitrogen and oxygen atoms in total. The molecule has 0 saturated carbocycles. The summed E-state index contributed by atoms with van der Waals surface area (Å²) in [7, 11) is 1.28. The molecule has 1 amide bonds. The number of anilines is 2. The van der Waals surface area contributed by atoms with Crippen molar-refractivity contribution in [2.24, 2.45) is 0 Å². The number of esters is 1. The molecule has 1 aromatic carbocycles. The van der Waals surface area contributed by atoms with Gasteiger partial charge in [-0.25, -0.2) is 9.59 Å². The summed E-state index contributed by atoms with van der Waals surface area (Å²) < 4.78 is 9.62. The van der Waals surface area contributed by atoms with E-state index in [0.29, 0.717) is 6.04 Å². The number of nitrogens with one attached hydrogen (secondary N) is 1. The third-order valence-electron chi connectivity index (χ3n) is 3.60. The Morgan fingerprint density at radius 3 is 3.05 bits per heavy atom. The van der Waals surface area contributed by atoms with Gasteiger partial charge in [-0.05, 0) is 37.1 Å². The molecule has 0 radical (unpaired) electrons. The number of fused-ring (bicyclic) bond motifs is 1. The summed E-state index contributed by atoms with van der Waals surface area (Å²) in [5.41, 5.74) is 3.01. The predicted octanol–water partition coefficient (Wildman–Crippen LogP) is 1.54. The molecule has 20 heavy (non-hydrogen) atoms. The Hall–Kier alpha value is -2.24. The van der Waals surface area contributed by atoms with Crippen LogP contribution in [0.3, 0.4) is 0 Å². The van der Waals surface area contributed by atoms with Crippen molar-refractivity contribution >= 4 is 23.4 Å². The van der Waals surface area contributed by atoms with Crippen LogP contribution in [0.15, 0.2) is 18.2 Å². The highest BCUT2D eigenvalue weighted by Gasteiger charge is 2.38. The number of carbonyl (C=O) groups excluding carboxylic acids is 2. The molecule has 1 aromatic rings. The minimum atomic E-state index is -0.849. The van der Waals surface area contributed by atoms with Crippen LogP contribution < -0.4 is 10.2 Å². The second-order valence-corrected chi connectivity index (χ2v) is 5.10. The molecule has 2 aliphatic heterocycles. The maximum atomic E-state index is 11.9. The van der Waals surface area contributed by atoms with Gasteiger partial charge >= 0.3 is 12.1 Å². The first-order chi connectivity index (χ1) is 9.58. The number of methoxy groups -OCH3 is 1. The van der Waals surface area contributed by atoms with Gasteiger partial charge in [-0.3, -0.25) is 4.90 Å². The topological polar surface area (TPSA) is 67.9 Å². The first-order valence-corrected chi connectivity index (χ1v) is 6.54. The Morgan fingerprint density at radius 1 is 1.50 bits per heavy atom. The van der Waals surface area contributed by atoms with E-state index in [1.807, 2.05) is 18.2 Å². The van der Waals surface area contributed by atoms with Crippen molar-refractivity contribution < 1.29 is 19.1 Å². The SMILES string of the molecule is COC(=O)[C@H]1CN(c2ccc3c(c2)C[C@@H](C)N3)C(=O)O1. The molecular formula is C14H16N2O4. The van der Waals surface area contributed by atoms with E-state index in [2.05, 4.69) is 17.0 Å². The fraction of sp³-hybridized carbons (Fsp3) is 0.429. The van der Waals surface area contributed by atoms with E-state index < -0.39 is 18.2 Å². The highest BCUT2D eigenvalue weighted by molar-refractivity contribution is 5.94. The van der Waals surface area contributed by atoms with E-state index >= 15 is 0 Å². The zero-order valence-corrected chi connectivity index (χ0v) is 11.4. The lowest BCUT2D eigenvalue weighted by Gasteiger charge is -2.14. The van der Waals surface area contributed by atoms with Gasteiger partial charge < -0.3 is 14.8 Å². The fourth-order valence-electron chi connectivity index (χ4n) is 2.63.